The van der Waals surface area contributed by atoms with E-state index in [1.807, 2.05) is 0 Å². The second-order valence-electron chi connectivity index (χ2n) is 3.90. The lowest BCUT2D eigenvalue weighted by Gasteiger charge is -2.09. The zero-order valence-electron chi connectivity index (χ0n) is 9.51. The average Bonchev–Trinajstić information content (AvgIpc) is 2.82. The largest absolute Gasteiger partial charge is 0.311 e. The van der Waals surface area contributed by atoms with E-state index >= 15 is 0 Å². The van der Waals surface area contributed by atoms with Gasteiger partial charge in [0.25, 0.3) is 5.91 Å². The summed E-state index contributed by atoms with van der Waals surface area (Å²) in [6.45, 7) is 1.78. The van der Waals surface area contributed by atoms with Crippen molar-refractivity contribution in [1.29, 1.82) is 0 Å². The summed E-state index contributed by atoms with van der Waals surface area (Å²) in [5, 5.41) is 14.0. The summed E-state index contributed by atoms with van der Waals surface area (Å²) in [6.07, 6.45) is 3.84. The average molecular weight is 261 g/mol. The number of nitrogens with zero attached hydrogens (tertiary/aromatic N) is 3. The van der Waals surface area contributed by atoms with E-state index in [9.17, 15) is 4.79 Å². The molecule has 92 valence electrons. The smallest absolute Gasteiger partial charge is 0.259 e. The maximum atomic E-state index is 11.9. The fourth-order valence-electron chi connectivity index (χ4n) is 1.77. The normalized spacial score (nSPS) is 14.0. The van der Waals surface area contributed by atoms with Crippen LogP contribution >= 0.6 is 11.3 Å². The molecule has 0 aliphatic carbocycles. The Balaban J connectivity index is 1.77. The number of aromatic nitrogens is 3. The summed E-state index contributed by atoms with van der Waals surface area (Å²) in [6, 6.07) is 1.62. The number of thiazole rings is 1. The molecule has 7 heteroatoms. The van der Waals surface area contributed by atoms with Crippen molar-refractivity contribution in [2.45, 2.75) is 13.0 Å². The lowest BCUT2D eigenvalue weighted by Crippen LogP contribution is -2.22. The van der Waals surface area contributed by atoms with E-state index in [2.05, 4.69) is 25.8 Å². The van der Waals surface area contributed by atoms with Crippen molar-refractivity contribution in [2.24, 2.45) is 0 Å². The van der Waals surface area contributed by atoms with E-state index < -0.39 is 0 Å². The summed E-state index contributed by atoms with van der Waals surface area (Å²) < 4.78 is 0. The van der Waals surface area contributed by atoms with Crippen LogP contribution in [0.3, 0.4) is 0 Å². The van der Waals surface area contributed by atoms with Gasteiger partial charge >= 0.3 is 0 Å². The van der Waals surface area contributed by atoms with E-state index in [0.717, 1.165) is 25.2 Å². The molecule has 6 nitrogen and oxygen atoms in total. The first-order chi connectivity index (χ1) is 8.83. The van der Waals surface area contributed by atoms with Gasteiger partial charge in [0, 0.05) is 24.4 Å². The molecule has 0 unspecified atom stereocenters. The Morgan fingerprint density at radius 1 is 1.44 bits per heavy atom. The maximum Gasteiger partial charge on any atom is 0.259 e. The van der Waals surface area contributed by atoms with Crippen molar-refractivity contribution in [3.05, 3.63) is 34.6 Å². The third kappa shape index (κ3) is 2.22. The van der Waals surface area contributed by atoms with Crippen LogP contribution in [0.1, 0.15) is 20.9 Å². The van der Waals surface area contributed by atoms with Crippen LogP contribution in [-0.4, -0.2) is 27.6 Å². The highest BCUT2D eigenvalue weighted by Gasteiger charge is 2.16. The minimum atomic E-state index is -0.205. The van der Waals surface area contributed by atoms with Gasteiger partial charge in [0.1, 0.15) is 0 Å². The molecule has 0 saturated heterocycles. The number of fused-ring (bicyclic) bond motifs is 1. The van der Waals surface area contributed by atoms with Gasteiger partial charge in [0.05, 0.1) is 23.7 Å². The van der Waals surface area contributed by atoms with Crippen LogP contribution in [0.2, 0.25) is 0 Å². The van der Waals surface area contributed by atoms with Gasteiger partial charge in [-0.1, -0.05) is 0 Å². The first-order valence-corrected chi connectivity index (χ1v) is 6.42. The molecule has 0 bridgehead atoms. The molecule has 0 atom stereocenters. The topological polar surface area (TPSA) is 79.8 Å². The summed E-state index contributed by atoms with van der Waals surface area (Å²) >= 11 is 1.52. The van der Waals surface area contributed by atoms with Crippen molar-refractivity contribution in [1.82, 2.24) is 20.5 Å². The van der Waals surface area contributed by atoms with Gasteiger partial charge < -0.3 is 5.32 Å². The second-order valence-corrected chi connectivity index (χ2v) is 4.98. The van der Waals surface area contributed by atoms with Gasteiger partial charge in [-0.15, -0.1) is 11.3 Å². The lowest BCUT2D eigenvalue weighted by molar-refractivity contribution is 0.102. The fraction of sp³-hybridized carbons (Fsp3) is 0.273. The zero-order chi connectivity index (χ0) is 12.4. The van der Waals surface area contributed by atoms with Crippen LogP contribution in [0.4, 0.5) is 5.13 Å². The number of hydrogen-bond acceptors (Lipinski definition) is 6. The fourth-order valence-corrected chi connectivity index (χ4v) is 2.75. The number of amides is 1. The molecule has 2 N–H and O–H groups in total. The number of anilines is 1. The van der Waals surface area contributed by atoms with Gasteiger partial charge in [0.15, 0.2) is 5.13 Å². The number of nitrogens with one attached hydrogen (secondary N) is 2. The Labute approximate surface area is 107 Å². The highest BCUT2D eigenvalue weighted by molar-refractivity contribution is 7.15. The summed E-state index contributed by atoms with van der Waals surface area (Å²) in [7, 11) is 0. The molecule has 1 aliphatic rings. The Morgan fingerprint density at radius 2 is 2.39 bits per heavy atom. The molecule has 2 aromatic heterocycles. The van der Waals surface area contributed by atoms with E-state index in [1.54, 1.807) is 6.07 Å². The molecule has 0 radical (unpaired) electrons. The van der Waals surface area contributed by atoms with Crippen molar-refractivity contribution in [3.63, 3.8) is 0 Å². The Kier molecular flexibility index (Phi) is 2.99. The first-order valence-electron chi connectivity index (χ1n) is 5.60. The number of rotatable bonds is 2. The Hall–Kier alpha value is -1.86. The summed E-state index contributed by atoms with van der Waals surface area (Å²) in [5.41, 5.74) is 1.57. The van der Waals surface area contributed by atoms with Crippen LogP contribution in [0, 0.1) is 0 Å². The molecule has 0 fully saturated rings. The third-order valence-corrected chi connectivity index (χ3v) is 3.68. The highest BCUT2D eigenvalue weighted by Crippen LogP contribution is 2.25. The van der Waals surface area contributed by atoms with Crippen molar-refractivity contribution < 1.29 is 4.79 Å². The predicted octanol–water partition coefficient (Wildman–Crippen LogP) is 0.831. The molecule has 3 heterocycles. The van der Waals surface area contributed by atoms with Gasteiger partial charge in [0.2, 0.25) is 0 Å². The van der Waals surface area contributed by atoms with Crippen molar-refractivity contribution in [2.75, 3.05) is 11.9 Å². The lowest BCUT2D eigenvalue weighted by atomic mass is 10.2. The number of carbonyl (C=O) groups excluding carboxylic acids is 1. The summed E-state index contributed by atoms with van der Waals surface area (Å²) in [4.78, 5) is 17.5. The quantitative estimate of drug-likeness (QED) is 0.837. The van der Waals surface area contributed by atoms with Crippen molar-refractivity contribution in [3.8, 4) is 0 Å². The molecule has 2 aromatic rings. The van der Waals surface area contributed by atoms with Crippen LogP contribution < -0.4 is 10.6 Å². The van der Waals surface area contributed by atoms with Gasteiger partial charge in [-0.2, -0.15) is 10.2 Å². The molecule has 0 spiro atoms. The number of hydrogen-bond donors (Lipinski definition) is 2. The second kappa shape index (κ2) is 4.79. The summed E-state index contributed by atoms with van der Waals surface area (Å²) in [5.74, 6) is -0.205. The van der Waals surface area contributed by atoms with Gasteiger partial charge in [-0.05, 0) is 6.07 Å². The van der Waals surface area contributed by atoms with Crippen LogP contribution in [0.25, 0.3) is 0 Å². The van der Waals surface area contributed by atoms with E-state index in [0.29, 0.717) is 10.7 Å². The SMILES string of the molecule is O=C(Nc1nc2c(s1)CNCC2)c1ccnnc1. The predicted molar refractivity (Wildman–Crippen MR) is 67.5 cm³/mol. The monoisotopic (exact) mass is 261 g/mol. The Bertz CT molecular complexity index is 545. The van der Waals surface area contributed by atoms with Gasteiger partial charge in [-0.25, -0.2) is 4.98 Å². The molecule has 1 amide bonds. The molecule has 0 saturated carbocycles. The van der Waals surface area contributed by atoms with Crippen LogP contribution in [0.5, 0.6) is 0 Å². The Morgan fingerprint density at radius 3 is 3.17 bits per heavy atom. The molecule has 18 heavy (non-hydrogen) atoms. The molecular formula is C11H11N5OS. The first kappa shape index (κ1) is 11.2. The van der Waals surface area contributed by atoms with E-state index in [-0.39, 0.29) is 5.91 Å². The molecule has 3 rings (SSSR count). The third-order valence-electron chi connectivity index (χ3n) is 2.67. The zero-order valence-corrected chi connectivity index (χ0v) is 10.3. The molecular weight excluding hydrogens is 250 g/mol. The van der Waals surface area contributed by atoms with E-state index in [4.69, 9.17) is 0 Å². The van der Waals surface area contributed by atoms with Crippen LogP contribution in [0.15, 0.2) is 18.5 Å². The maximum absolute atomic E-state index is 11.9. The van der Waals surface area contributed by atoms with Crippen LogP contribution in [-0.2, 0) is 13.0 Å². The van der Waals surface area contributed by atoms with Gasteiger partial charge in [-0.3, -0.25) is 10.1 Å². The number of carbonyl (C=O) groups is 1. The molecule has 0 aromatic carbocycles. The highest BCUT2D eigenvalue weighted by atomic mass is 32.1. The minimum absolute atomic E-state index is 0.205. The molecule has 1 aliphatic heterocycles. The standard InChI is InChI=1S/C11H11N5OS/c17-10(7-1-4-13-14-5-7)16-11-15-8-2-3-12-6-9(8)18-11/h1,4-5,12H,2-3,6H2,(H,15,16,17). The van der Waals surface area contributed by atoms with Crippen molar-refractivity contribution >= 4 is 22.4 Å². The minimum Gasteiger partial charge on any atom is -0.311 e. The van der Waals surface area contributed by atoms with E-state index in [1.165, 1.54) is 28.6 Å².